The molecule has 0 N–H and O–H groups in total. The third-order valence-corrected chi connectivity index (χ3v) is 4.05. The van der Waals surface area contributed by atoms with Crippen LogP contribution in [-0.4, -0.2) is 31.3 Å². The van der Waals surface area contributed by atoms with E-state index in [1.54, 1.807) is 29.3 Å². The van der Waals surface area contributed by atoms with Crippen LogP contribution in [-0.2, 0) is 0 Å². The third kappa shape index (κ3) is 1.98. The molecule has 0 unspecified atom stereocenters. The Morgan fingerprint density at radius 2 is 2.00 bits per heavy atom. The monoisotopic (exact) mass is 321 g/mol. The number of fused-ring (bicyclic) bond motifs is 3. The van der Waals surface area contributed by atoms with Crippen molar-refractivity contribution in [1.82, 2.24) is 24.1 Å². The minimum Gasteiger partial charge on any atom is -0.495 e. The Labute approximate surface area is 137 Å². The summed E-state index contributed by atoms with van der Waals surface area (Å²) >= 11 is 0. The van der Waals surface area contributed by atoms with Crippen LogP contribution in [0.15, 0.2) is 41.6 Å². The lowest BCUT2D eigenvalue weighted by Gasteiger charge is -2.13. The fourth-order valence-corrected chi connectivity index (χ4v) is 2.91. The van der Waals surface area contributed by atoms with E-state index in [1.165, 1.54) is 6.33 Å². The van der Waals surface area contributed by atoms with Gasteiger partial charge < -0.3 is 4.74 Å². The molecule has 120 valence electrons. The molecule has 0 aliphatic rings. The van der Waals surface area contributed by atoms with Crippen molar-refractivity contribution in [3.05, 3.63) is 58.4 Å². The van der Waals surface area contributed by atoms with E-state index in [2.05, 4.69) is 15.1 Å². The molecule has 0 bridgehead atoms. The second-order valence-corrected chi connectivity index (χ2v) is 5.60. The number of ether oxygens (including phenoxy) is 1. The summed E-state index contributed by atoms with van der Waals surface area (Å²) in [5, 5.41) is 4.66. The van der Waals surface area contributed by atoms with Crippen molar-refractivity contribution in [2.24, 2.45) is 0 Å². The molecule has 0 aliphatic heterocycles. The van der Waals surface area contributed by atoms with Crippen molar-refractivity contribution in [3.8, 4) is 11.4 Å². The van der Waals surface area contributed by atoms with E-state index >= 15 is 0 Å². The second-order valence-electron chi connectivity index (χ2n) is 5.60. The molecule has 4 rings (SSSR count). The van der Waals surface area contributed by atoms with E-state index in [0.717, 1.165) is 5.56 Å². The summed E-state index contributed by atoms with van der Waals surface area (Å²) in [6.45, 7) is 3.77. The van der Waals surface area contributed by atoms with Gasteiger partial charge in [-0.05, 0) is 37.6 Å². The minimum atomic E-state index is -0.168. The number of aryl methyl sites for hydroxylation is 2. The normalized spacial score (nSPS) is 11.3. The highest BCUT2D eigenvalue weighted by molar-refractivity contribution is 5.82. The Balaban J connectivity index is 2.11. The maximum atomic E-state index is 13.1. The highest BCUT2D eigenvalue weighted by atomic mass is 16.5. The predicted octanol–water partition coefficient (Wildman–Crippen LogP) is 2.05. The molecule has 3 heterocycles. The number of benzene rings is 1. The van der Waals surface area contributed by atoms with E-state index in [9.17, 15) is 4.79 Å². The standard InChI is InChI=1S/C17H15N5O2/c1-10-4-5-14(24-3)13(8-10)21-7-6-12-15(16(21)23)11(2)20-17-18-9-19-22(12)17/h4-9H,1-3H3. The van der Waals surface area contributed by atoms with Crippen LogP contribution in [0.4, 0.5) is 0 Å². The van der Waals surface area contributed by atoms with Crippen LogP contribution in [0.1, 0.15) is 11.3 Å². The maximum absolute atomic E-state index is 13.1. The van der Waals surface area contributed by atoms with Gasteiger partial charge >= 0.3 is 0 Å². The molecule has 0 spiro atoms. The van der Waals surface area contributed by atoms with Gasteiger partial charge in [-0.15, -0.1) is 0 Å². The number of hydrogen-bond acceptors (Lipinski definition) is 5. The van der Waals surface area contributed by atoms with Crippen LogP contribution in [0.2, 0.25) is 0 Å². The molecule has 0 atom stereocenters. The Morgan fingerprint density at radius 3 is 2.79 bits per heavy atom. The molecule has 0 radical (unpaired) electrons. The van der Waals surface area contributed by atoms with Crippen LogP contribution >= 0.6 is 0 Å². The molecule has 1 aromatic carbocycles. The van der Waals surface area contributed by atoms with Crippen LogP contribution < -0.4 is 10.3 Å². The highest BCUT2D eigenvalue weighted by Gasteiger charge is 2.15. The smallest absolute Gasteiger partial charge is 0.266 e. The zero-order valence-corrected chi connectivity index (χ0v) is 13.5. The average molecular weight is 321 g/mol. The number of rotatable bonds is 2. The second kappa shape index (κ2) is 5.16. The fourth-order valence-electron chi connectivity index (χ4n) is 2.91. The van der Waals surface area contributed by atoms with Crippen molar-refractivity contribution in [2.75, 3.05) is 7.11 Å². The van der Waals surface area contributed by atoms with Gasteiger partial charge in [0.15, 0.2) is 0 Å². The van der Waals surface area contributed by atoms with Crippen LogP contribution in [0.3, 0.4) is 0 Å². The topological polar surface area (TPSA) is 74.3 Å². The van der Waals surface area contributed by atoms with Gasteiger partial charge in [-0.25, -0.2) is 4.98 Å². The van der Waals surface area contributed by atoms with Crippen molar-refractivity contribution < 1.29 is 4.74 Å². The molecule has 0 aliphatic carbocycles. The number of methoxy groups -OCH3 is 1. The van der Waals surface area contributed by atoms with Gasteiger partial charge in [0.25, 0.3) is 11.3 Å². The van der Waals surface area contributed by atoms with Crippen LogP contribution in [0.5, 0.6) is 5.75 Å². The first-order chi connectivity index (χ1) is 11.6. The summed E-state index contributed by atoms with van der Waals surface area (Å²) in [6.07, 6.45) is 3.15. The van der Waals surface area contributed by atoms with Crippen molar-refractivity contribution >= 4 is 16.7 Å². The fraction of sp³-hybridized carbons (Fsp3) is 0.176. The van der Waals surface area contributed by atoms with E-state index in [-0.39, 0.29) is 5.56 Å². The SMILES string of the molecule is COc1ccc(C)cc1-n1ccc2c(c(C)nc3ncnn32)c1=O. The lowest BCUT2D eigenvalue weighted by molar-refractivity contribution is 0.412. The number of aromatic nitrogens is 5. The lowest BCUT2D eigenvalue weighted by Crippen LogP contribution is -2.20. The maximum Gasteiger partial charge on any atom is 0.266 e. The van der Waals surface area contributed by atoms with Crippen molar-refractivity contribution in [2.45, 2.75) is 13.8 Å². The molecule has 0 saturated heterocycles. The van der Waals surface area contributed by atoms with Gasteiger partial charge in [-0.3, -0.25) is 9.36 Å². The predicted molar refractivity (Wildman–Crippen MR) is 89.9 cm³/mol. The summed E-state index contributed by atoms with van der Waals surface area (Å²) in [4.78, 5) is 21.6. The highest BCUT2D eigenvalue weighted by Crippen LogP contribution is 2.24. The van der Waals surface area contributed by atoms with E-state index in [1.807, 2.05) is 31.2 Å². The Kier molecular flexibility index (Phi) is 3.09. The largest absolute Gasteiger partial charge is 0.495 e. The van der Waals surface area contributed by atoms with Gasteiger partial charge in [0.2, 0.25) is 0 Å². The van der Waals surface area contributed by atoms with Gasteiger partial charge in [0.1, 0.15) is 12.1 Å². The molecule has 4 aromatic rings. The zero-order valence-electron chi connectivity index (χ0n) is 13.5. The Morgan fingerprint density at radius 1 is 1.17 bits per heavy atom. The van der Waals surface area contributed by atoms with Crippen molar-refractivity contribution in [3.63, 3.8) is 0 Å². The Bertz CT molecular complexity index is 1140. The van der Waals surface area contributed by atoms with Gasteiger partial charge in [-0.2, -0.15) is 14.6 Å². The summed E-state index contributed by atoms with van der Waals surface area (Å²) in [6, 6.07) is 7.56. The number of nitrogens with zero attached hydrogens (tertiary/aromatic N) is 5. The first kappa shape index (κ1) is 14.4. The molecule has 7 nitrogen and oxygen atoms in total. The van der Waals surface area contributed by atoms with E-state index in [4.69, 9.17) is 4.74 Å². The Hall–Kier alpha value is -3.22. The van der Waals surface area contributed by atoms with Gasteiger partial charge in [0.05, 0.1) is 29.4 Å². The molecule has 24 heavy (non-hydrogen) atoms. The minimum absolute atomic E-state index is 0.168. The number of hydrogen-bond donors (Lipinski definition) is 0. The van der Waals surface area contributed by atoms with Crippen LogP contribution in [0.25, 0.3) is 22.4 Å². The summed E-state index contributed by atoms with van der Waals surface area (Å²) in [5.74, 6) is 1.11. The van der Waals surface area contributed by atoms with E-state index in [0.29, 0.717) is 33.8 Å². The van der Waals surface area contributed by atoms with Crippen LogP contribution in [0, 0.1) is 13.8 Å². The molecule has 0 amide bonds. The molecular weight excluding hydrogens is 306 g/mol. The molecular formula is C17H15N5O2. The van der Waals surface area contributed by atoms with Crippen molar-refractivity contribution in [1.29, 1.82) is 0 Å². The lowest BCUT2D eigenvalue weighted by atomic mass is 10.2. The first-order valence-corrected chi connectivity index (χ1v) is 7.47. The molecule has 0 saturated carbocycles. The van der Waals surface area contributed by atoms with Gasteiger partial charge in [0, 0.05) is 6.20 Å². The third-order valence-electron chi connectivity index (χ3n) is 4.05. The summed E-state index contributed by atoms with van der Waals surface area (Å²) < 4.78 is 8.55. The first-order valence-electron chi connectivity index (χ1n) is 7.47. The van der Waals surface area contributed by atoms with Gasteiger partial charge in [-0.1, -0.05) is 6.07 Å². The van der Waals surface area contributed by atoms with E-state index < -0.39 is 0 Å². The molecule has 0 fully saturated rings. The molecule has 3 aromatic heterocycles. The molecule has 7 heteroatoms. The average Bonchev–Trinajstić information content (AvgIpc) is 3.03. The zero-order chi connectivity index (χ0) is 16.8. The summed E-state index contributed by atoms with van der Waals surface area (Å²) in [7, 11) is 1.59. The summed E-state index contributed by atoms with van der Waals surface area (Å²) in [5.41, 5.74) is 2.87. The number of pyridine rings is 1. The quantitative estimate of drug-likeness (QED) is 0.565.